The molecular formula is C26H40O3S. The normalized spacial score (nSPS) is 37.6. The van der Waals surface area contributed by atoms with Gasteiger partial charge in [0.1, 0.15) is 0 Å². The molecule has 0 aromatic heterocycles. The second kappa shape index (κ2) is 9.16. The number of aliphatic hydroxyl groups is 1. The van der Waals surface area contributed by atoms with Crippen LogP contribution in [0.3, 0.4) is 0 Å². The highest BCUT2D eigenvalue weighted by molar-refractivity contribution is 7.91. The predicted octanol–water partition coefficient (Wildman–Crippen LogP) is 5.78. The van der Waals surface area contributed by atoms with Crippen LogP contribution in [0.25, 0.3) is 0 Å². The van der Waals surface area contributed by atoms with Crippen molar-refractivity contribution in [2.45, 2.75) is 83.5 Å². The van der Waals surface area contributed by atoms with E-state index >= 15 is 0 Å². The van der Waals surface area contributed by atoms with Gasteiger partial charge >= 0.3 is 0 Å². The Balaban J connectivity index is 1.76. The molecule has 0 radical (unpaired) electrons. The second-order valence-corrected chi connectivity index (χ2v) is 12.7. The maximum absolute atomic E-state index is 11.8. The molecule has 6 atom stereocenters. The Morgan fingerprint density at radius 1 is 1.13 bits per heavy atom. The summed E-state index contributed by atoms with van der Waals surface area (Å²) in [7, 11) is -3.02. The molecule has 3 saturated carbocycles. The van der Waals surface area contributed by atoms with Crippen molar-refractivity contribution >= 4 is 9.84 Å². The van der Waals surface area contributed by atoms with Gasteiger partial charge in [0, 0.05) is 6.26 Å². The summed E-state index contributed by atoms with van der Waals surface area (Å²) >= 11 is 0. The molecule has 1 N–H and O–H groups in total. The third-order valence-corrected chi connectivity index (χ3v) is 9.73. The maximum atomic E-state index is 11.8. The number of fused-ring (bicyclic) bond motifs is 1. The van der Waals surface area contributed by atoms with Crippen LogP contribution in [0.4, 0.5) is 0 Å². The molecule has 30 heavy (non-hydrogen) atoms. The quantitative estimate of drug-likeness (QED) is 0.560. The summed E-state index contributed by atoms with van der Waals surface area (Å²) in [6.45, 7) is 10.7. The Bertz CT molecular complexity index is 848. The highest BCUT2D eigenvalue weighted by Gasteiger charge is 2.50. The van der Waals surface area contributed by atoms with Gasteiger partial charge in [-0.1, -0.05) is 55.9 Å². The molecule has 0 aromatic carbocycles. The minimum atomic E-state index is -3.02. The summed E-state index contributed by atoms with van der Waals surface area (Å²) < 4.78 is 23.5. The van der Waals surface area contributed by atoms with E-state index in [1.54, 1.807) is 12.5 Å². The third-order valence-electron chi connectivity index (χ3n) is 8.22. The molecule has 3 aliphatic rings. The molecular weight excluding hydrogens is 392 g/mol. The Morgan fingerprint density at radius 2 is 1.87 bits per heavy atom. The molecule has 0 heterocycles. The summed E-state index contributed by atoms with van der Waals surface area (Å²) in [5.41, 5.74) is 4.24. The zero-order chi connectivity index (χ0) is 22.1. The lowest BCUT2D eigenvalue weighted by molar-refractivity contribution is 0.112. The molecule has 3 aliphatic carbocycles. The lowest BCUT2D eigenvalue weighted by Crippen LogP contribution is -2.35. The molecule has 0 bridgehead atoms. The number of allylic oxidation sites excluding steroid dienone is 5. The SMILES string of the molecule is C=C1CC[C@H](O)C/C1=C/C=C1\CCC[C@]2(C)C(C(C)/C=C/[C@@H](C)S(C)(=O)=O)CC[C@@H]12. The van der Waals surface area contributed by atoms with Crippen molar-refractivity contribution in [3.05, 3.63) is 47.6 Å². The van der Waals surface area contributed by atoms with Gasteiger partial charge in [0.15, 0.2) is 9.84 Å². The van der Waals surface area contributed by atoms with Crippen molar-refractivity contribution in [2.24, 2.45) is 23.2 Å². The van der Waals surface area contributed by atoms with Crippen LogP contribution in [-0.2, 0) is 9.84 Å². The molecule has 0 aromatic rings. The summed E-state index contributed by atoms with van der Waals surface area (Å²) in [4.78, 5) is 0. The van der Waals surface area contributed by atoms with E-state index in [2.05, 4.69) is 38.7 Å². The van der Waals surface area contributed by atoms with E-state index in [0.717, 1.165) is 19.3 Å². The fraction of sp³-hybridized carbons (Fsp3) is 0.692. The van der Waals surface area contributed by atoms with Gasteiger partial charge < -0.3 is 5.11 Å². The van der Waals surface area contributed by atoms with Crippen LogP contribution >= 0.6 is 0 Å². The Labute approximate surface area is 184 Å². The first kappa shape index (κ1) is 23.5. The number of hydrogen-bond donors (Lipinski definition) is 1. The van der Waals surface area contributed by atoms with Crippen molar-refractivity contribution in [1.82, 2.24) is 0 Å². The summed E-state index contributed by atoms with van der Waals surface area (Å²) in [6, 6.07) is 0. The average molecular weight is 433 g/mol. The molecule has 3 rings (SSSR count). The van der Waals surface area contributed by atoms with Gasteiger partial charge in [0.05, 0.1) is 11.4 Å². The van der Waals surface area contributed by atoms with E-state index in [1.807, 2.05) is 6.08 Å². The molecule has 4 heteroatoms. The van der Waals surface area contributed by atoms with Crippen molar-refractivity contribution in [3.8, 4) is 0 Å². The number of aliphatic hydroxyl groups excluding tert-OH is 1. The van der Waals surface area contributed by atoms with Crippen LogP contribution in [0.1, 0.15) is 72.1 Å². The second-order valence-electron chi connectivity index (χ2n) is 10.3. The van der Waals surface area contributed by atoms with Gasteiger partial charge in [0.25, 0.3) is 0 Å². The van der Waals surface area contributed by atoms with Crippen molar-refractivity contribution < 1.29 is 13.5 Å². The molecule has 0 saturated heterocycles. The summed E-state index contributed by atoms with van der Waals surface area (Å²) in [5.74, 6) is 1.58. The Morgan fingerprint density at radius 3 is 2.57 bits per heavy atom. The van der Waals surface area contributed by atoms with Crippen molar-refractivity contribution in [2.75, 3.05) is 6.26 Å². The first-order valence-electron chi connectivity index (χ1n) is 11.7. The number of sulfone groups is 1. The van der Waals surface area contributed by atoms with Crippen molar-refractivity contribution in [3.63, 3.8) is 0 Å². The van der Waals surface area contributed by atoms with Crippen LogP contribution in [0.15, 0.2) is 47.6 Å². The highest BCUT2D eigenvalue weighted by Crippen LogP contribution is 2.59. The van der Waals surface area contributed by atoms with E-state index in [0.29, 0.717) is 17.8 Å². The van der Waals surface area contributed by atoms with E-state index in [-0.39, 0.29) is 11.5 Å². The molecule has 2 unspecified atom stereocenters. The zero-order valence-electron chi connectivity index (χ0n) is 19.2. The topological polar surface area (TPSA) is 54.4 Å². The van der Waals surface area contributed by atoms with Gasteiger partial charge in [-0.15, -0.1) is 0 Å². The smallest absolute Gasteiger partial charge is 0.153 e. The van der Waals surface area contributed by atoms with Crippen LogP contribution in [0.5, 0.6) is 0 Å². The standard InChI is InChI=1S/C26H40O3S/c1-18-9-13-23(27)17-22(18)12-11-21-7-6-16-26(4)24(14-15-25(21)26)19(2)8-10-20(3)30(5,28)29/h8,10-12,19-20,23-25,27H,1,6-7,9,13-17H2,2-5H3/b10-8+,21-11+,22-12-/t19?,20-,23+,24?,25+,26-/m1/s1. The molecule has 0 amide bonds. The fourth-order valence-electron chi connectivity index (χ4n) is 6.15. The Hall–Kier alpha value is -1.13. The van der Waals surface area contributed by atoms with Gasteiger partial charge in [-0.05, 0) is 87.0 Å². The minimum absolute atomic E-state index is 0.227. The lowest BCUT2D eigenvalue weighted by atomic mass is 9.61. The maximum Gasteiger partial charge on any atom is 0.153 e. The van der Waals surface area contributed by atoms with E-state index in [4.69, 9.17) is 0 Å². The van der Waals surface area contributed by atoms with Gasteiger partial charge in [-0.2, -0.15) is 0 Å². The highest BCUT2D eigenvalue weighted by atomic mass is 32.2. The number of rotatable bonds is 5. The minimum Gasteiger partial charge on any atom is -0.393 e. The predicted molar refractivity (Wildman–Crippen MR) is 126 cm³/mol. The van der Waals surface area contributed by atoms with Gasteiger partial charge in [-0.25, -0.2) is 8.42 Å². The fourth-order valence-corrected chi connectivity index (χ4v) is 6.52. The molecule has 0 spiro atoms. The first-order valence-corrected chi connectivity index (χ1v) is 13.6. The summed E-state index contributed by atoms with van der Waals surface area (Å²) in [6.07, 6.45) is 18.2. The summed E-state index contributed by atoms with van der Waals surface area (Å²) in [5, 5.41) is 9.60. The largest absolute Gasteiger partial charge is 0.393 e. The Kier molecular flexibility index (Phi) is 7.18. The molecule has 3 fully saturated rings. The average Bonchev–Trinajstić information content (AvgIpc) is 3.03. The van der Waals surface area contributed by atoms with Crippen LogP contribution in [0, 0.1) is 23.2 Å². The van der Waals surface area contributed by atoms with E-state index < -0.39 is 15.1 Å². The van der Waals surface area contributed by atoms with Crippen LogP contribution in [-0.4, -0.2) is 31.1 Å². The molecule has 3 nitrogen and oxygen atoms in total. The molecule has 168 valence electrons. The first-order chi connectivity index (χ1) is 14.0. The monoisotopic (exact) mass is 432 g/mol. The third kappa shape index (κ3) is 5.02. The van der Waals surface area contributed by atoms with Crippen molar-refractivity contribution in [1.29, 1.82) is 0 Å². The van der Waals surface area contributed by atoms with E-state index in [1.165, 1.54) is 49.5 Å². The van der Waals surface area contributed by atoms with Crippen LogP contribution in [0.2, 0.25) is 0 Å². The van der Waals surface area contributed by atoms with E-state index in [9.17, 15) is 13.5 Å². The molecule has 0 aliphatic heterocycles. The van der Waals surface area contributed by atoms with Gasteiger partial charge in [0.2, 0.25) is 0 Å². The number of hydrogen-bond acceptors (Lipinski definition) is 3. The van der Waals surface area contributed by atoms with Crippen LogP contribution < -0.4 is 0 Å². The zero-order valence-corrected chi connectivity index (χ0v) is 20.0. The lowest BCUT2D eigenvalue weighted by Gasteiger charge is -2.44. The van der Waals surface area contributed by atoms with Gasteiger partial charge in [-0.3, -0.25) is 0 Å².